The molecule has 21 heavy (non-hydrogen) atoms. The minimum Gasteiger partial charge on any atom is -0.465 e. The van der Waals surface area contributed by atoms with E-state index < -0.39 is 5.97 Å². The summed E-state index contributed by atoms with van der Waals surface area (Å²) in [4.78, 5) is 14.0. The number of morpholine rings is 1. The molecule has 6 heteroatoms. The van der Waals surface area contributed by atoms with Crippen LogP contribution in [0.5, 0.6) is 0 Å². The molecule has 0 saturated carbocycles. The molecule has 0 aromatic heterocycles. The predicted octanol–water partition coefficient (Wildman–Crippen LogP) is 1.19. The van der Waals surface area contributed by atoms with E-state index in [1.54, 1.807) is 12.1 Å². The summed E-state index contributed by atoms with van der Waals surface area (Å²) in [7, 11) is 1.34. The van der Waals surface area contributed by atoms with Crippen LogP contribution in [0.15, 0.2) is 18.2 Å². The summed E-state index contributed by atoms with van der Waals surface area (Å²) in [6.07, 6.45) is 0.151. The molecular formula is C15H23N3O3. The van der Waals surface area contributed by atoms with Crippen LogP contribution in [0.2, 0.25) is 0 Å². The summed E-state index contributed by atoms with van der Waals surface area (Å²) in [5.74, 6) is -0.428. The number of rotatable bonds is 5. The Hall–Kier alpha value is -1.79. The number of hydrogen-bond donors (Lipinski definition) is 2. The molecule has 1 atom stereocenters. The van der Waals surface area contributed by atoms with Gasteiger partial charge >= 0.3 is 5.97 Å². The van der Waals surface area contributed by atoms with Gasteiger partial charge < -0.3 is 20.5 Å². The average Bonchev–Trinajstić information content (AvgIpc) is 2.53. The normalized spacial score (nSPS) is 19.2. The zero-order valence-electron chi connectivity index (χ0n) is 12.6. The average molecular weight is 293 g/mol. The number of anilines is 2. The lowest BCUT2D eigenvalue weighted by atomic mass is 10.1. The second-order valence-electron chi connectivity index (χ2n) is 5.06. The smallest absolute Gasteiger partial charge is 0.340 e. The van der Waals surface area contributed by atoms with Crippen molar-refractivity contribution in [1.29, 1.82) is 0 Å². The molecule has 0 radical (unpaired) electrons. The molecule has 116 valence electrons. The number of hydrogen-bond acceptors (Lipinski definition) is 6. The Morgan fingerprint density at radius 3 is 3.10 bits per heavy atom. The van der Waals surface area contributed by atoms with Gasteiger partial charge in [0, 0.05) is 31.0 Å². The number of ether oxygens (including phenoxy) is 2. The molecule has 1 aliphatic rings. The van der Waals surface area contributed by atoms with Gasteiger partial charge in [-0.05, 0) is 24.7 Å². The van der Waals surface area contributed by atoms with Crippen LogP contribution in [0, 0.1) is 0 Å². The van der Waals surface area contributed by atoms with Gasteiger partial charge in [0.15, 0.2) is 0 Å². The first kappa shape index (κ1) is 15.6. The van der Waals surface area contributed by atoms with Crippen LogP contribution in [0.1, 0.15) is 17.3 Å². The number of esters is 1. The third-order valence-corrected chi connectivity index (χ3v) is 3.66. The largest absolute Gasteiger partial charge is 0.465 e. The number of benzene rings is 1. The lowest BCUT2D eigenvalue weighted by molar-refractivity contribution is -0.0191. The molecule has 0 amide bonds. The van der Waals surface area contributed by atoms with Gasteiger partial charge in [0.1, 0.15) is 0 Å². The number of nitrogens with one attached hydrogen (secondary N) is 1. The monoisotopic (exact) mass is 293 g/mol. The van der Waals surface area contributed by atoms with Crippen molar-refractivity contribution in [3.63, 3.8) is 0 Å². The van der Waals surface area contributed by atoms with Crippen LogP contribution in [0.3, 0.4) is 0 Å². The number of nitrogens with two attached hydrogens (primary N) is 1. The topological polar surface area (TPSA) is 76.8 Å². The van der Waals surface area contributed by atoms with Gasteiger partial charge in [-0.3, -0.25) is 4.90 Å². The summed E-state index contributed by atoms with van der Waals surface area (Å²) >= 11 is 0. The summed E-state index contributed by atoms with van der Waals surface area (Å²) in [5.41, 5.74) is 7.41. The van der Waals surface area contributed by atoms with E-state index >= 15 is 0 Å². The summed E-state index contributed by atoms with van der Waals surface area (Å²) in [5, 5.41) is 3.29. The molecule has 0 spiro atoms. The Morgan fingerprint density at radius 2 is 2.38 bits per heavy atom. The van der Waals surface area contributed by atoms with Crippen LogP contribution >= 0.6 is 0 Å². The van der Waals surface area contributed by atoms with Crippen LogP contribution in [0.4, 0.5) is 11.4 Å². The highest BCUT2D eigenvalue weighted by atomic mass is 16.5. The van der Waals surface area contributed by atoms with Crippen LogP contribution in [-0.4, -0.2) is 56.9 Å². The maximum Gasteiger partial charge on any atom is 0.340 e. The second-order valence-corrected chi connectivity index (χ2v) is 5.06. The van der Waals surface area contributed by atoms with E-state index in [0.29, 0.717) is 17.8 Å². The first-order valence-electron chi connectivity index (χ1n) is 7.19. The van der Waals surface area contributed by atoms with Crippen molar-refractivity contribution in [1.82, 2.24) is 4.90 Å². The zero-order chi connectivity index (χ0) is 15.2. The maximum atomic E-state index is 11.6. The summed E-state index contributed by atoms with van der Waals surface area (Å²) in [6, 6.07) is 5.26. The van der Waals surface area contributed by atoms with E-state index in [9.17, 15) is 4.79 Å². The van der Waals surface area contributed by atoms with Crippen molar-refractivity contribution in [3.8, 4) is 0 Å². The minimum atomic E-state index is -0.428. The van der Waals surface area contributed by atoms with E-state index in [1.807, 2.05) is 6.07 Å². The number of carbonyl (C=O) groups is 1. The number of carbonyl (C=O) groups excluding carboxylic acids is 1. The summed E-state index contributed by atoms with van der Waals surface area (Å²) < 4.78 is 10.5. The Morgan fingerprint density at radius 1 is 1.57 bits per heavy atom. The first-order valence-corrected chi connectivity index (χ1v) is 7.19. The number of methoxy groups -OCH3 is 1. The molecule has 1 aromatic rings. The summed E-state index contributed by atoms with van der Waals surface area (Å²) in [6.45, 7) is 6.55. The highest BCUT2D eigenvalue weighted by molar-refractivity contribution is 5.96. The van der Waals surface area contributed by atoms with Crippen molar-refractivity contribution in [3.05, 3.63) is 23.8 Å². The third-order valence-electron chi connectivity index (χ3n) is 3.66. The van der Waals surface area contributed by atoms with Crippen LogP contribution in [0.25, 0.3) is 0 Å². The fourth-order valence-corrected chi connectivity index (χ4v) is 2.38. The molecule has 1 heterocycles. The molecule has 1 aliphatic heterocycles. The molecule has 1 unspecified atom stereocenters. The molecule has 2 rings (SSSR count). The minimum absolute atomic E-state index is 0.151. The number of likely N-dealkylation sites (N-methyl/N-ethyl adjacent to an activating group) is 1. The molecule has 6 nitrogen and oxygen atoms in total. The highest BCUT2D eigenvalue weighted by Crippen LogP contribution is 2.19. The van der Waals surface area contributed by atoms with Gasteiger partial charge in [-0.25, -0.2) is 4.79 Å². The lowest BCUT2D eigenvalue weighted by Gasteiger charge is -2.32. The fourth-order valence-electron chi connectivity index (χ4n) is 2.38. The number of nitrogens with zero attached hydrogens (tertiary/aromatic N) is 1. The van der Waals surface area contributed by atoms with E-state index in [4.69, 9.17) is 15.2 Å². The van der Waals surface area contributed by atoms with Gasteiger partial charge in [0.2, 0.25) is 0 Å². The SMILES string of the molecule is CCN1CCOC(CNc2ccc(N)c(C(=O)OC)c2)C1. The molecule has 1 aromatic carbocycles. The highest BCUT2D eigenvalue weighted by Gasteiger charge is 2.19. The van der Waals surface area contributed by atoms with Gasteiger partial charge in [-0.2, -0.15) is 0 Å². The van der Waals surface area contributed by atoms with E-state index in [0.717, 1.165) is 31.9 Å². The first-order chi connectivity index (χ1) is 10.1. The van der Waals surface area contributed by atoms with Crippen molar-refractivity contribution in [2.75, 3.05) is 50.9 Å². The quantitative estimate of drug-likeness (QED) is 0.627. The van der Waals surface area contributed by atoms with Gasteiger partial charge in [0.25, 0.3) is 0 Å². The van der Waals surface area contributed by atoms with Crippen molar-refractivity contribution in [2.24, 2.45) is 0 Å². The molecule has 1 fully saturated rings. The van der Waals surface area contributed by atoms with Crippen molar-refractivity contribution in [2.45, 2.75) is 13.0 Å². The molecule has 3 N–H and O–H groups in total. The van der Waals surface area contributed by atoms with Crippen LogP contribution < -0.4 is 11.1 Å². The third kappa shape index (κ3) is 4.09. The van der Waals surface area contributed by atoms with Crippen molar-refractivity contribution >= 4 is 17.3 Å². The Kier molecular flexibility index (Phi) is 5.41. The molecular weight excluding hydrogens is 270 g/mol. The van der Waals surface area contributed by atoms with Gasteiger partial charge in [-0.1, -0.05) is 6.92 Å². The number of nitrogen functional groups attached to an aromatic ring is 1. The molecule has 0 aliphatic carbocycles. The van der Waals surface area contributed by atoms with E-state index in [1.165, 1.54) is 7.11 Å². The lowest BCUT2D eigenvalue weighted by Crippen LogP contribution is -2.45. The Labute approximate surface area is 125 Å². The van der Waals surface area contributed by atoms with Crippen LogP contribution in [-0.2, 0) is 9.47 Å². The standard InChI is InChI=1S/C15H23N3O3/c1-3-18-6-7-21-12(10-18)9-17-11-4-5-14(16)13(8-11)15(19)20-2/h4-5,8,12,17H,3,6-7,9-10,16H2,1-2H3. The zero-order valence-corrected chi connectivity index (χ0v) is 12.6. The van der Waals surface area contributed by atoms with E-state index in [-0.39, 0.29) is 6.10 Å². The second kappa shape index (κ2) is 7.28. The van der Waals surface area contributed by atoms with Crippen molar-refractivity contribution < 1.29 is 14.3 Å². The van der Waals surface area contributed by atoms with E-state index in [2.05, 4.69) is 17.1 Å². The molecule has 0 bridgehead atoms. The Bertz CT molecular complexity index is 493. The van der Waals surface area contributed by atoms with Gasteiger partial charge in [-0.15, -0.1) is 0 Å². The maximum absolute atomic E-state index is 11.6. The fraction of sp³-hybridized carbons (Fsp3) is 0.533. The van der Waals surface area contributed by atoms with Gasteiger partial charge in [0.05, 0.1) is 25.4 Å². The Balaban J connectivity index is 1.95. The predicted molar refractivity (Wildman–Crippen MR) is 82.5 cm³/mol. The molecule has 1 saturated heterocycles.